The minimum atomic E-state index is -0.0804. The summed E-state index contributed by atoms with van der Waals surface area (Å²) in [4.78, 5) is 24.6. The van der Waals surface area contributed by atoms with Gasteiger partial charge in [-0.2, -0.15) is 0 Å². The van der Waals surface area contributed by atoms with Crippen LogP contribution in [0.5, 0.6) is 0 Å². The number of hydrogen-bond donors (Lipinski definition) is 0. The van der Waals surface area contributed by atoms with Gasteiger partial charge in [-0.15, -0.1) is 0 Å². The van der Waals surface area contributed by atoms with Crippen LogP contribution in [0.3, 0.4) is 0 Å². The summed E-state index contributed by atoms with van der Waals surface area (Å²) in [5, 5.41) is 0. The Bertz CT molecular complexity index is 613. The molecular weight excluding hydrogens is 288 g/mol. The third kappa shape index (κ3) is 4.77. The average Bonchev–Trinajstić information content (AvgIpc) is 2.60. The van der Waals surface area contributed by atoms with Crippen molar-refractivity contribution in [2.45, 2.75) is 26.3 Å². The molecule has 5 heteroatoms. The molecule has 1 aromatic heterocycles. The maximum Gasteiger partial charge on any atom is 0.273 e. The third-order valence-electron chi connectivity index (χ3n) is 3.70. The molecule has 23 heavy (non-hydrogen) atoms. The minimum Gasteiger partial charge on any atom is -0.354 e. The van der Waals surface area contributed by atoms with Gasteiger partial charge in [0.15, 0.2) is 0 Å². The molecule has 0 bridgehead atoms. The largest absolute Gasteiger partial charge is 0.354 e. The first-order valence-corrected chi connectivity index (χ1v) is 7.94. The Balaban J connectivity index is 1.99. The second-order valence-corrected chi connectivity index (χ2v) is 5.68. The van der Waals surface area contributed by atoms with Crippen molar-refractivity contribution in [2.24, 2.45) is 0 Å². The van der Waals surface area contributed by atoms with Gasteiger partial charge >= 0.3 is 0 Å². The summed E-state index contributed by atoms with van der Waals surface area (Å²) >= 11 is 0. The summed E-state index contributed by atoms with van der Waals surface area (Å²) in [5.41, 5.74) is 1.59. The van der Waals surface area contributed by atoms with E-state index in [2.05, 4.69) is 29.0 Å². The van der Waals surface area contributed by atoms with E-state index in [1.807, 2.05) is 30.1 Å². The third-order valence-corrected chi connectivity index (χ3v) is 3.70. The molecule has 1 heterocycles. The SMILES string of the molecule is CCCCN(C)C(=O)c1cnc(N(C)Cc2ccccc2)cn1. The Kier molecular flexibility index (Phi) is 6.09. The zero-order chi connectivity index (χ0) is 16.7. The molecule has 0 aliphatic heterocycles. The number of aromatic nitrogens is 2. The Morgan fingerprint density at radius 1 is 1.09 bits per heavy atom. The molecule has 1 amide bonds. The summed E-state index contributed by atoms with van der Waals surface area (Å²) in [6.07, 6.45) is 5.27. The second kappa shape index (κ2) is 8.27. The summed E-state index contributed by atoms with van der Waals surface area (Å²) in [7, 11) is 3.76. The van der Waals surface area contributed by atoms with Crippen molar-refractivity contribution >= 4 is 11.7 Å². The molecule has 2 rings (SSSR count). The normalized spacial score (nSPS) is 10.4. The Labute approximate surface area is 138 Å². The van der Waals surface area contributed by atoms with Crippen molar-refractivity contribution < 1.29 is 4.79 Å². The number of nitrogens with zero attached hydrogens (tertiary/aromatic N) is 4. The van der Waals surface area contributed by atoms with E-state index in [0.29, 0.717) is 5.69 Å². The van der Waals surface area contributed by atoms with E-state index in [9.17, 15) is 4.79 Å². The monoisotopic (exact) mass is 312 g/mol. The van der Waals surface area contributed by atoms with Crippen molar-refractivity contribution in [2.75, 3.05) is 25.5 Å². The molecule has 0 unspecified atom stereocenters. The number of unbranched alkanes of at least 4 members (excludes halogenated alkanes) is 1. The molecule has 0 aliphatic carbocycles. The topological polar surface area (TPSA) is 49.3 Å². The number of rotatable bonds is 7. The van der Waals surface area contributed by atoms with Crippen molar-refractivity contribution in [1.82, 2.24) is 14.9 Å². The van der Waals surface area contributed by atoms with Crippen LogP contribution < -0.4 is 4.90 Å². The molecule has 1 aromatic carbocycles. The van der Waals surface area contributed by atoms with Crippen LogP contribution in [0.25, 0.3) is 0 Å². The molecule has 2 aromatic rings. The lowest BCUT2D eigenvalue weighted by Gasteiger charge is -2.19. The Morgan fingerprint density at radius 2 is 1.83 bits per heavy atom. The van der Waals surface area contributed by atoms with Gasteiger partial charge in [-0.1, -0.05) is 43.7 Å². The predicted molar refractivity (Wildman–Crippen MR) is 92.4 cm³/mol. The van der Waals surface area contributed by atoms with Crippen molar-refractivity contribution in [3.05, 3.63) is 54.0 Å². The van der Waals surface area contributed by atoms with Crippen LogP contribution in [0.15, 0.2) is 42.7 Å². The minimum absolute atomic E-state index is 0.0804. The van der Waals surface area contributed by atoms with Crippen LogP contribution in [-0.4, -0.2) is 41.4 Å². The molecule has 0 saturated heterocycles. The maximum absolute atomic E-state index is 12.2. The van der Waals surface area contributed by atoms with Gasteiger partial charge in [-0.05, 0) is 12.0 Å². The number of anilines is 1. The van der Waals surface area contributed by atoms with Gasteiger partial charge in [-0.3, -0.25) is 4.79 Å². The molecule has 5 nitrogen and oxygen atoms in total. The Morgan fingerprint density at radius 3 is 2.43 bits per heavy atom. The predicted octanol–water partition coefficient (Wildman–Crippen LogP) is 2.99. The fourth-order valence-electron chi connectivity index (χ4n) is 2.26. The highest BCUT2D eigenvalue weighted by Crippen LogP contribution is 2.12. The van der Waals surface area contributed by atoms with Gasteiger partial charge in [-0.25, -0.2) is 9.97 Å². The number of amides is 1. The highest BCUT2D eigenvalue weighted by Gasteiger charge is 2.14. The van der Waals surface area contributed by atoms with E-state index in [-0.39, 0.29) is 5.91 Å². The van der Waals surface area contributed by atoms with Crippen LogP contribution in [0, 0.1) is 0 Å². The molecule has 0 radical (unpaired) electrons. The van der Waals surface area contributed by atoms with Crippen LogP contribution in [-0.2, 0) is 6.54 Å². The molecule has 122 valence electrons. The van der Waals surface area contributed by atoms with Gasteiger partial charge in [0.25, 0.3) is 5.91 Å². The van der Waals surface area contributed by atoms with Gasteiger partial charge in [0, 0.05) is 27.2 Å². The van der Waals surface area contributed by atoms with E-state index in [1.54, 1.807) is 24.3 Å². The smallest absolute Gasteiger partial charge is 0.273 e. The van der Waals surface area contributed by atoms with Crippen LogP contribution >= 0.6 is 0 Å². The average molecular weight is 312 g/mol. The molecule has 0 N–H and O–H groups in total. The lowest BCUT2D eigenvalue weighted by Crippen LogP contribution is -2.28. The fraction of sp³-hybridized carbons (Fsp3) is 0.389. The van der Waals surface area contributed by atoms with Crippen LogP contribution in [0.2, 0.25) is 0 Å². The van der Waals surface area contributed by atoms with E-state index in [1.165, 1.54) is 5.56 Å². The Hall–Kier alpha value is -2.43. The van der Waals surface area contributed by atoms with Gasteiger partial charge in [0.05, 0.1) is 12.4 Å². The first-order chi connectivity index (χ1) is 11.1. The zero-order valence-electron chi connectivity index (χ0n) is 14.1. The molecule has 0 saturated carbocycles. The summed E-state index contributed by atoms with van der Waals surface area (Å²) in [6, 6.07) is 10.2. The van der Waals surface area contributed by atoms with E-state index in [4.69, 9.17) is 0 Å². The van der Waals surface area contributed by atoms with E-state index in [0.717, 1.165) is 31.7 Å². The second-order valence-electron chi connectivity index (χ2n) is 5.68. The van der Waals surface area contributed by atoms with E-state index >= 15 is 0 Å². The molecule has 0 aliphatic rings. The van der Waals surface area contributed by atoms with Gasteiger partial charge in [0.1, 0.15) is 11.5 Å². The van der Waals surface area contributed by atoms with Crippen molar-refractivity contribution in [3.8, 4) is 0 Å². The van der Waals surface area contributed by atoms with Gasteiger partial charge < -0.3 is 9.80 Å². The molecule has 0 fully saturated rings. The van der Waals surface area contributed by atoms with Crippen molar-refractivity contribution in [1.29, 1.82) is 0 Å². The highest BCUT2D eigenvalue weighted by atomic mass is 16.2. The number of benzene rings is 1. The van der Waals surface area contributed by atoms with Crippen LogP contribution in [0.4, 0.5) is 5.82 Å². The lowest BCUT2D eigenvalue weighted by atomic mass is 10.2. The highest BCUT2D eigenvalue weighted by molar-refractivity contribution is 5.91. The summed E-state index contributed by atoms with van der Waals surface area (Å²) in [6.45, 7) is 3.60. The first-order valence-electron chi connectivity index (χ1n) is 7.94. The zero-order valence-corrected chi connectivity index (χ0v) is 14.1. The molecule has 0 spiro atoms. The summed E-state index contributed by atoms with van der Waals surface area (Å²) < 4.78 is 0. The molecule has 0 atom stereocenters. The lowest BCUT2D eigenvalue weighted by molar-refractivity contribution is 0.0787. The van der Waals surface area contributed by atoms with Crippen LogP contribution in [0.1, 0.15) is 35.8 Å². The quantitative estimate of drug-likeness (QED) is 0.788. The number of carbonyl (C=O) groups is 1. The first kappa shape index (κ1) is 16.9. The van der Waals surface area contributed by atoms with Crippen molar-refractivity contribution in [3.63, 3.8) is 0 Å². The maximum atomic E-state index is 12.2. The van der Waals surface area contributed by atoms with Gasteiger partial charge in [0.2, 0.25) is 0 Å². The number of hydrogen-bond acceptors (Lipinski definition) is 4. The fourth-order valence-corrected chi connectivity index (χ4v) is 2.26. The summed E-state index contributed by atoms with van der Waals surface area (Å²) in [5.74, 6) is 0.671. The number of carbonyl (C=O) groups excluding carboxylic acids is 1. The standard InChI is InChI=1S/C18H24N4O/c1-4-5-11-21(2)18(23)16-12-20-17(13-19-16)22(3)14-15-9-7-6-8-10-15/h6-10,12-13H,4-5,11,14H2,1-3H3. The molecular formula is C18H24N4O. The van der Waals surface area contributed by atoms with E-state index < -0.39 is 0 Å².